The number of carbonyl (C=O) groups excluding carboxylic acids is 1. The van der Waals surface area contributed by atoms with Gasteiger partial charge < -0.3 is 104 Å². The molecule has 0 amide bonds. The number of carboxylic acids is 1. The molecular formula is C53H84O23. The van der Waals surface area contributed by atoms with Gasteiger partial charge in [-0.1, -0.05) is 60.1 Å². The maximum atomic E-state index is 14.8. The number of aliphatic hydroxyl groups excluding tert-OH is 12. The summed E-state index contributed by atoms with van der Waals surface area (Å²) in [6.45, 7) is 13.5. The molecule has 23 heteroatoms. The molecular weight excluding hydrogens is 1000 g/mol. The van der Waals surface area contributed by atoms with Gasteiger partial charge in [0.2, 0.25) is 6.29 Å². The molecule has 0 spiro atoms. The minimum atomic E-state index is -2.03. The van der Waals surface area contributed by atoms with Crippen molar-refractivity contribution in [3.63, 3.8) is 0 Å². The number of fused-ring (bicyclic) bond motifs is 7. The lowest BCUT2D eigenvalue weighted by Gasteiger charge is -2.71. The van der Waals surface area contributed by atoms with E-state index in [1.807, 2.05) is 0 Å². The van der Waals surface area contributed by atoms with Gasteiger partial charge in [0.05, 0.1) is 31.3 Å². The molecule has 5 aliphatic carbocycles. The van der Waals surface area contributed by atoms with E-state index >= 15 is 0 Å². The van der Waals surface area contributed by atoms with Crippen molar-refractivity contribution in [2.75, 3.05) is 19.8 Å². The summed E-state index contributed by atoms with van der Waals surface area (Å²) >= 11 is 0. The van der Waals surface area contributed by atoms with Crippen LogP contribution in [0, 0.1) is 50.2 Å². The third-order valence-corrected chi connectivity index (χ3v) is 21.0. The molecule has 9 aliphatic rings. The van der Waals surface area contributed by atoms with E-state index in [4.69, 9.17) is 37.9 Å². The van der Waals surface area contributed by atoms with Crippen LogP contribution in [0.2, 0.25) is 0 Å². The predicted molar refractivity (Wildman–Crippen MR) is 257 cm³/mol. The van der Waals surface area contributed by atoms with Crippen molar-refractivity contribution in [1.29, 1.82) is 0 Å². The van der Waals surface area contributed by atoms with Gasteiger partial charge in [-0.15, -0.1) is 0 Å². The standard InChI is InChI=1S/C53H84O23/c1-48(2)14-16-53(47(68)76-45-37(64)34(61)31(58)25(20-55)71-45)17-15-51(6)22(23(53)18-48)8-9-28-50(5)12-11-29(49(3,4)27(50)10-13-52(28,51)7)72-46-38(65)39(73-44-36(63)33(60)30(57)24(19-54)69-44)40(41(75-46)42(66)67)74-43-35(62)32(59)26(21-56)70-43/h8,23-41,43-46,54-65H,9-21H2,1-7H3,(H,66,67)/t23-,24+,25+,26-,27-,28+,29-,30+,31+,32-,33-,34-,35+,36+,37+,38+,39+,40-,41-,43+,44-,45-,46+,50-,51+,52+,53-/m0/s1. The van der Waals surface area contributed by atoms with Gasteiger partial charge in [0, 0.05) is 0 Å². The minimum Gasteiger partial charge on any atom is -0.479 e. The summed E-state index contributed by atoms with van der Waals surface area (Å²) in [7, 11) is 0. The van der Waals surface area contributed by atoms with Gasteiger partial charge in [-0.2, -0.15) is 0 Å². The quantitative estimate of drug-likeness (QED) is 0.0613. The number of carbonyl (C=O) groups is 2. The summed E-state index contributed by atoms with van der Waals surface area (Å²) in [6, 6.07) is 0. The molecule has 4 saturated carbocycles. The van der Waals surface area contributed by atoms with E-state index in [0.29, 0.717) is 38.5 Å². The number of rotatable bonds is 12. The van der Waals surface area contributed by atoms with Crippen molar-refractivity contribution in [3.05, 3.63) is 11.6 Å². The monoisotopic (exact) mass is 1090 g/mol. The molecule has 13 N–H and O–H groups in total. The number of allylic oxidation sites excluding steroid dienone is 2. The zero-order valence-corrected chi connectivity index (χ0v) is 44.4. The van der Waals surface area contributed by atoms with Crippen LogP contribution in [0.15, 0.2) is 11.6 Å². The van der Waals surface area contributed by atoms with Gasteiger partial charge in [0.25, 0.3) is 0 Å². The molecule has 0 unspecified atom stereocenters. The second-order valence-corrected chi connectivity index (χ2v) is 25.8. The fourth-order valence-electron chi connectivity index (χ4n) is 16.3. The van der Waals surface area contributed by atoms with Crippen molar-refractivity contribution in [1.82, 2.24) is 0 Å². The lowest BCUT2D eigenvalue weighted by Crippen LogP contribution is -2.68. The van der Waals surface area contributed by atoms with Gasteiger partial charge >= 0.3 is 11.9 Å². The summed E-state index contributed by atoms with van der Waals surface area (Å²) in [4.78, 5) is 27.9. The molecule has 0 radical (unpaired) electrons. The Labute approximate surface area is 442 Å². The van der Waals surface area contributed by atoms with Crippen LogP contribution in [-0.4, -0.2) is 221 Å². The number of hydrogen-bond acceptors (Lipinski definition) is 22. The average molecular weight is 1090 g/mol. The van der Waals surface area contributed by atoms with E-state index < -0.39 is 165 Å². The van der Waals surface area contributed by atoms with E-state index in [0.717, 1.165) is 25.7 Å². The second kappa shape index (κ2) is 21.0. The second-order valence-electron chi connectivity index (χ2n) is 25.8. The number of esters is 1. The Morgan fingerprint density at radius 2 is 1.08 bits per heavy atom. The van der Waals surface area contributed by atoms with Gasteiger partial charge in [-0.3, -0.25) is 4.79 Å². The Kier molecular flexibility index (Phi) is 16.2. The van der Waals surface area contributed by atoms with E-state index in [2.05, 4.69) is 54.5 Å². The highest BCUT2D eigenvalue weighted by Gasteiger charge is 2.70. The first-order valence-electron chi connectivity index (χ1n) is 27.2. The van der Waals surface area contributed by atoms with Gasteiger partial charge in [0.1, 0.15) is 85.5 Å². The van der Waals surface area contributed by atoms with Crippen LogP contribution < -0.4 is 0 Å². The van der Waals surface area contributed by atoms with Crippen molar-refractivity contribution in [2.24, 2.45) is 50.2 Å². The first kappa shape index (κ1) is 58.6. The zero-order chi connectivity index (χ0) is 55.6. The minimum absolute atomic E-state index is 0.0281. The molecule has 0 aromatic rings. The largest absolute Gasteiger partial charge is 0.479 e. The summed E-state index contributed by atoms with van der Waals surface area (Å²) in [5.41, 5.74) is -1.33. The maximum Gasteiger partial charge on any atom is 0.335 e. The third kappa shape index (κ3) is 9.33. The molecule has 4 saturated heterocycles. The fourth-order valence-corrected chi connectivity index (χ4v) is 16.3. The van der Waals surface area contributed by atoms with Crippen molar-refractivity contribution >= 4 is 11.9 Å². The molecule has 27 atom stereocenters. The number of aliphatic hydroxyl groups is 12. The Bertz CT molecular complexity index is 2140. The summed E-state index contributed by atoms with van der Waals surface area (Å²) in [5.74, 6) is -2.16. The van der Waals surface area contributed by atoms with Crippen LogP contribution in [0.4, 0.5) is 0 Å². The Morgan fingerprint density at radius 3 is 1.66 bits per heavy atom. The lowest BCUT2D eigenvalue weighted by atomic mass is 9.33. The van der Waals surface area contributed by atoms with Crippen LogP contribution in [0.5, 0.6) is 0 Å². The highest BCUT2D eigenvalue weighted by atomic mass is 16.8. The molecule has 8 fully saturated rings. The number of aliphatic carboxylic acids is 1. The lowest BCUT2D eigenvalue weighted by molar-refractivity contribution is -0.378. The fraction of sp³-hybridized carbons (Fsp3) is 0.925. The Balaban J connectivity index is 0.970. The van der Waals surface area contributed by atoms with Gasteiger partial charge in [-0.25, -0.2) is 4.79 Å². The Hall–Kier alpha value is -2.08. The van der Waals surface area contributed by atoms with Crippen LogP contribution >= 0.6 is 0 Å². The molecule has 0 bridgehead atoms. The molecule has 0 aromatic carbocycles. The SMILES string of the molecule is CC1(C)CC[C@]2(C(=O)O[C@@H]3O[C@H](CO)[C@@H](O)[C@H](O)[C@H]3O)CC[C@]3(C)C(=CC[C@@H]4[C@@]5(C)CC[C@H](O[C@@H]6O[C@H](C(=O)O)[C@@H](O[C@H]7O[C@@H](CO)[C@H](O)[C@H]7O)[C@H](O[C@@H]7O[C@H](CO)[C@@H](O)[C@H](O)[C@H]7O)[C@H]6O)C(C)(C)[C@@H]5CC[C@]43C)[C@@H]2C1. The van der Waals surface area contributed by atoms with Crippen LogP contribution in [0.25, 0.3) is 0 Å². The van der Waals surface area contributed by atoms with Crippen molar-refractivity contribution in [2.45, 2.75) is 235 Å². The van der Waals surface area contributed by atoms with Crippen LogP contribution in [-0.2, 0) is 47.5 Å². The van der Waals surface area contributed by atoms with Crippen LogP contribution in [0.3, 0.4) is 0 Å². The highest BCUT2D eigenvalue weighted by Crippen LogP contribution is 2.76. The van der Waals surface area contributed by atoms with Crippen molar-refractivity contribution < 1.29 is 114 Å². The molecule has 4 heterocycles. The highest BCUT2D eigenvalue weighted by molar-refractivity contribution is 5.79. The summed E-state index contributed by atoms with van der Waals surface area (Å²) in [6.07, 6.45) is -24.5. The van der Waals surface area contributed by atoms with E-state index in [1.54, 1.807) is 0 Å². The summed E-state index contributed by atoms with van der Waals surface area (Å²) < 4.78 is 47.6. The number of carboxylic acid groups (broad SMARTS) is 1. The van der Waals surface area contributed by atoms with Crippen LogP contribution in [0.1, 0.15) is 113 Å². The predicted octanol–water partition coefficient (Wildman–Crippen LogP) is -1.30. The summed E-state index contributed by atoms with van der Waals surface area (Å²) in [5, 5.41) is 138. The molecule has 434 valence electrons. The third-order valence-electron chi connectivity index (χ3n) is 21.0. The van der Waals surface area contributed by atoms with Gasteiger partial charge in [-0.05, 0) is 109 Å². The molecule has 23 nitrogen and oxygen atoms in total. The van der Waals surface area contributed by atoms with Gasteiger partial charge in [0.15, 0.2) is 25.0 Å². The normalized spacial score (nSPS) is 52.8. The zero-order valence-electron chi connectivity index (χ0n) is 44.4. The molecule has 9 rings (SSSR count). The molecule has 0 aromatic heterocycles. The smallest absolute Gasteiger partial charge is 0.335 e. The first-order valence-corrected chi connectivity index (χ1v) is 27.2. The van der Waals surface area contributed by atoms with E-state index in [-0.39, 0.29) is 39.4 Å². The average Bonchev–Trinajstić information content (AvgIpc) is 3.66. The number of ether oxygens (including phenoxy) is 8. The molecule has 4 aliphatic heterocycles. The van der Waals surface area contributed by atoms with E-state index in [1.165, 1.54) is 5.57 Å². The number of hydrogen-bond donors (Lipinski definition) is 13. The maximum absolute atomic E-state index is 14.8. The van der Waals surface area contributed by atoms with E-state index in [9.17, 15) is 76.0 Å². The Morgan fingerprint density at radius 1 is 0.566 bits per heavy atom. The van der Waals surface area contributed by atoms with Crippen molar-refractivity contribution in [3.8, 4) is 0 Å². The first-order chi connectivity index (χ1) is 35.5. The topological polar surface area (TPSA) is 371 Å². The molecule has 76 heavy (non-hydrogen) atoms.